The Balaban J connectivity index is 1.63. The molecule has 37 heavy (non-hydrogen) atoms. The molecular weight excluding hydrogens is 466 g/mol. The second-order valence-electron chi connectivity index (χ2n) is 8.37. The lowest BCUT2D eigenvalue weighted by Gasteiger charge is -2.31. The summed E-state index contributed by atoms with van der Waals surface area (Å²) in [6.45, 7) is 3.74. The van der Waals surface area contributed by atoms with Crippen LogP contribution in [0.2, 0.25) is 0 Å². The molecule has 0 aliphatic carbocycles. The van der Waals surface area contributed by atoms with Gasteiger partial charge in [-0.2, -0.15) is 0 Å². The van der Waals surface area contributed by atoms with Crippen LogP contribution in [0.25, 0.3) is 5.57 Å². The summed E-state index contributed by atoms with van der Waals surface area (Å²) in [7, 11) is 0. The van der Waals surface area contributed by atoms with Crippen LogP contribution < -0.4 is 5.32 Å². The highest BCUT2D eigenvalue weighted by atomic mass is 16.6. The van der Waals surface area contributed by atoms with Crippen molar-refractivity contribution in [3.8, 4) is 11.8 Å². The predicted molar refractivity (Wildman–Crippen MR) is 142 cm³/mol. The van der Waals surface area contributed by atoms with E-state index in [0.717, 1.165) is 22.4 Å². The first-order chi connectivity index (χ1) is 18.0. The van der Waals surface area contributed by atoms with Gasteiger partial charge in [-0.25, -0.2) is 4.79 Å². The van der Waals surface area contributed by atoms with Gasteiger partial charge < -0.3 is 10.1 Å². The number of hydrogen-bond acceptors (Lipinski definition) is 6. The number of esters is 1. The number of dihydropyridines is 1. The largest absolute Gasteiger partial charge is 0.458 e. The fourth-order valence-corrected chi connectivity index (χ4v) is 4.28. The highest BCUT2D eigenvalue weighted by Crippen LogP contribution is 2.44. The average molecular weight is 492 g/mol. The molecular formula is C30H25N3O4. The third-order valence-electron chi connectivity index (χ3n) is 5.87. The molecule has 3 aromatic rings. The molecule has 184 valence electrons. The van der Waals surface area contributed by atoms with Crippen LogP contribution in [0.15, 0.2) is 108 Å². The fraction of sp³-hybridized carbons (Fsp3) is 0.133. The van der Waals surface area contributed by atoms with Crippen molar-refractivity contribution in [3.63, 3.8) is 0 Å². The number of carbonyl (C=O) groups excluding carboxylic acids is 1. The number of hydrogen-bond donors (Lipinski definition) is 1. The van der Waals surface area contributed by atoms with Gasteiger partial charge in [-0.3, -0.25) is 15.1 Å². The molecule has 7 nitrogen and oxygen atoms in total. The zero-order valence-corrected chi connectivity index (χ0v) is 20.5. The maximum absolute atomic E-state index is 13.4. The summed E-state index contributed by atoms with van der Waals surface area (Å²) < 4.78 is 5.59. The third-order valence-corrected chi connectivity index (χ3v) is 5.87. The highest BCUT2D eigenvalue weighted by molar-refractivity contribution is 5.97. The van der Waals surface area contributed by atoms with Gasteiger partial charge in [0.25, 0.3) is 5.69 Å². The van der Waals surface area contributed by atoms with E-state index in [1.54, 1.807) is 43.6 Å². The van der Waals surface area contributed by atoms with Gasteiger partial charge in [0.1, 0.15) is 6.61 Å². The Hall–Kier alpha value is -4.96. The Labute approximate surface area is 215 Å². The van der Waals surface area contributed by atoms with E-state index in [1.807, 2.05) is 49.4 Å². The molecule has 1 aromatic heterocycles. The molecule has 0 fully saturated rings. The number of benzene rings is 2. The minimum Gasteiger partial charge on any atom is -0.458 e. The predicted octanol–water partition coefficient (Wildman–Crippen LogP) is 5.53. The Kier molecular flexibility index (Phi) is 7.91. The summed E-state index contributed by atoms with van der Waals surface area (Å²) in [4.78, 5) is 28.7. The number of nitrogens with one attached hydrogen (secondary N) is 1. The van der Waals surface area contributed by atoms with Gasteiger partial charge >= 0.3 is 5.97 Å². The van der Waals surface area contributed by atoms with Crippen molar-refractivity contribution in [1.82, 2.24) is 10.3 Å². The normalized spacial score (nSPS) is 15.1. The number of carbonyl (C=O) groups is 1. The Bertz CT molecular complexity index is 1460. The maximum Gasteiger partial charge on any atom is 0.337 e. The molecule has 1 atom stereocenters. The van der Waals surface area contributed by atoms with E-state index in [9.17, 15) is 14.9 Å². The van der Waals surface area contributed by atoms with Gasteiger partial charge in [-0.05, 0) is 60.9 Å². The monoisotopic (exact) mass is 491 g/mol. The van der Waals surface area contributed by atoms with Crippen LogP contribution in [0.4, 0.5) is 5.69 Å². The van der Waals surface area contributed by atoms with Gasteiger partial charge in [0, 0.05) is 47.4 Å². The summed E-state index contributed by atoms with van der Waals surface area (Å²) in [5.41, 5.74) is 4.90. The lowest BCUT2D eigenvalue weighted by atomic mass is 9.78. The number of aromatic nitrogens is 1. The molecule has 2 heterocycles. The number of non-ortho nitro benzene ring substituents is 1. The average Bonchev–Trinajstić information content (AvgIpc) is 2.91. The summed E-state index contributed by atoms with van der Waals surface area (Å²) >= 11 is 0. The smallest absolute Gasteiger partial charge is 0.337 e. The zero-order chi connectivity index (χ0) is 26.2. The van der Waals surface area contributed by atoms with Gasteiger partial charge in [-0.1, -0.05) is 48.2 Å². The van der Waals surface area contributed by atoms with Crippen molar-refractivity contribution in [1.29, 1.82) is 0 Å². The van der Waals surface area contributed by atoms with Gasteiger partial charge in [-0.15, -0.1) is 0 Å². The number of pyridine rings is 1. The van der Waals surface area contributed by atoms with E-state index in [-0.39, 0.29) is 12.3 Å². The van der Waals surface area contributed by atoms with Crippen molar-refractivity contribution >= 4 is 17.2 Å². The number of nitrogens with zero attached hydrogens (tertiary/aromatic N) is 2. The second kappa shape index (κ2) is 11.6. The number of nitro benzene ring substituents is 1. The fourth-order valence-electron chi connectivity index (χ4n) is 4.28. The van der Waals surface area contributed by atoms with Crippen molar-refractivity contribution < 1.29 is 14.5 Å². The first-order valence-electron chi connectivity index (χ1n) is 11.7. The van der Waals surface area contributed by atoms with Crippen molar-refractivity contribution in [2.24, 2.45) is 0 Å². The number of allylic oxidation sites excluding steroid dienone is 4. The van der Waals surface area contributed by atoms with Crippen LogP contribution in [0, 0.1) is 22.0 Å². The first kappa shape index (κ1) is 25.1. The molecule has 2 aromatic carbocycles. The lowest BCUT2D eigenvalue weighted by Crippen LogP contribution is -2.28. The minimum absolute atomic E-state index is 0.0334. The maximum atomic E-state index is 13.4. The molecule has 0 bridgehead atoms. The lowest BCUT2D eigenvalue weighted by molar-refractivity contribution is -0.384. The summed E-state index contributed by atoms with van der Waals surface area (Å²) in [6.07, 6.45) is 6.69. The quantitative estimate of drug-likeness (QED) is 0.211. The van der Waals surface area contributed by atoms with E-state index < -0.39 is 16.8 Å². The standard InChI is InChI=1S/C30H25N3O4/c1-21-27(25-15-10-17-31-20-25)29(24-14-9-16-26(19-24)33(35)36)28(22(2)32-21)30(34)37-18-8-4-7-13-23-11-5-3-6-12-23/h3-6,8-12,14-17,19-20,29,32H,18H2,1-2H3/b8-4+. The molecule has 1 N–H and O–H groups in total. The van der Waals surface area contributed by atoms with E-state index in [0.29, 0.717) is 16.8 Å². The van der Waals surface area contributed by atoms with Crippen LogP contribution in [0.3, 0.4) is 0 Å². The van der Waals surface area contributed by atoms with Gasteiger partial charge in [0.05, 0.1) is 10.5 Å². The molecule has 0 spiro atoms. The van der Waals surface area contributed by atoms with Crippen molar-refractivity contribution in [3.05, 3.63) is 135 Å². The molecule has 0 amide bonds. The van der Waals surface area contributed by atoms with Gasteiger partial charge in [0.15, 0.2) is 0 Å². The van der Waals surface area contributed by atoms with Crippen molar-refractivity contribution in [2.45, 2.75) is 19.8 Å². The molecule has 4 rings (SSSR count). The van der Waals surface area contributed by atoms with Crippen LogP contribution >= 0.6 is 0 Å². The SMILES string of the molecule is CC1=C(C(=O)OC/C=C/C#Cc2ccccc2)C(c2cccc([N+](=O)[O-])c2)C(c2cccnc2)=C(C)N1. The third kappa shape index (κ3) is 6.00. The Morgan fingerprint density at radius 3 is 2.65 bits per heavy atom. The Morgan fingerprint density at radius 2 is 1.92 bits per heavy atom. The number of rotatable bonds is 6. The summed E-state index contributed by atoms with van der Waals surface area (Å²) in [5, 5.41) is 14.8. The molecule has 7 heteroatoms. The zero-order valence-electron chi connectivity index (χ0n) is 20.5. The van der Waals surface area contributed by atoms with E-state index in [4.69, 9.17) is 4.74 Å². The molecule has 0 saturated carbocycles. The second-order valence-corrected chi connectivity index (χ2v) is 8.37. The van der Waals surface area contributed by atoms with E-state index in [1.165, 1.54) is 12.1 Å². The minimum atomic E-state index is -0.584. The first-order valence-corrected chi connectivity index (χ1v) is 11.7. The molecule has 0 radical (unpaired) electrons. The van der Waals surface area contributed by atoms with E-state index >= 15 is 0 Å². The molecule has 1 aliphatic rings. The van der Waals surface area contributed by atoms with Crippen LogP contribution in [0.1, 0.15) is 36.5 Å². The molecule has 1 aliphatic heterocycles. The molecule has 1 unspecified atom stereocenters. The van der Waals surface area contributed by atoms with Crippen molar-refractivity contribution in [2.75, 3.05) is 6.61 Å². The number of ether oxygens (including phenoxy) is 1. The van der Waals surface area contributed by atoms with E-state index in [2.05, 4.69) is 22.1 Å². The number of nitro groups is 1. The van der Waals surface area contributed by atoms with Crippen LogP contribution in [-0.2, 0) is 9.53 Å². The summed E-state index contributed by atoms with van der Waals surface area (Å²) in [5.74, 6) is 4.84. The summed E-state index contributed by atoms with van der Waals surface area (Å²) in [6, 6.07) is 19.6. The Morgan fingerprint density at radius 1 is 1.11 bits per heavy atom. The molecule has 0 saturated heterocycles. The van der Waals surface area contributed by atoms with Gasteiger partial charge in [0.2, 0.25) is 0 Å². The van der Waals surface area contributed by atoms with Crippen LogP contribution in [-0.4, -0.2) is 22.5 Å². The van der Waals surface area contributed by atoms with Crippen LogP contribution in [0.5, 0.6) is 0 Å². The topological polar surface area (TPSA) is 94.4 Å². The highest BCUT2D eigenvalue weighted by Gasteiger charge is 2.35.